The van der Waals surface area contributed by atoms with Gasteiger partial charge in [0.15, 0.2) is 5.84 Å². The number of amides is 1. The summed E-state index contributed by atoms with van der Waals surface area (Å²) in [6, 6.07) is 6.78. The molecule has 98 valence electrons. The lowest BCUT2D eigenvalue weighted by Crippen LogP contribution is -2.38. The predicted molar refractivity (Wildman–Crippen MR) is 71.8 cm³/mol. The van der Waals surface area contributed by atoms with Crippen LogP contribution in [0.3, 0.4) is 0 Å². The monoisotopic (exact) mass is 269 g/mol. The lowest BCUT2D eigenvalue weighted by Gasteiger charge is -2.18. The third-order valence-electron chi connectivity index (χ3n) is 2.48. The van der Waals surface area contributed by atoms with E-state index in [4.69, 9.17) is 22.5 Å². The van der Waals surface area contributed by atoms with E-state index in [1.54, 1.807) is 24.3 Å². The van der Waals surface area contributed by atoms with Gasteiger partial charge in [-0.15, -0.1) is 0 Å². The summed E-state index contributed by atoms with van der Waals surface area (Å²) in [7, 11) is 0. The van der Waals surface area contributed by atoms with E-state index in [0.717, 1.165) is 0 Å². The zero-order valence-corrected chi connectivity index (χ0v) is 11.0. The van der Waals surface area contributed by atoms with Gasteiger partial charge < -0.3 is 16.3 Å². The van der Waals surface area contributed by atoms with E-state index in [1.807, 2.05) is 13.8 Å². The Hall–Kier alpha value is -1.75. The molecule has 0 fully saturated rings. The first-order valence-electron chi connectivity index (χ1n) is 5.49. The number of oxime groups is 1. The summed E-state index contributed by atoms with van der Waals surface area (Å²) in [6.45, 7) is 3.64. The highest BCUT2D eigenvalue weighted by Gasteiger charge is 2.26. The van der Waals surface area contributed by atoms with Crippen LogP contribution < -0.4 is 11.1 Å². The molecule has 0 bridgehead atoms. The molecule has 4 N–H and O–H groups in total. The van der Waals surface area contributed by atoms with Gasteiger partial charge in [-0.3, -0.25) is 4.79 Å². The number of rotatable bonds is 4. The average molecular weight is 270 g/mol. The molecule has 0 radical (unpaired) electrons. The molecule has 6 heteroatoms. The zero-order valence-electron chi connectivity index (χ0n) is 10.2. The maximum atomic E-state index is 12.0. The molecule has 0 saturated heterocycles. The molecule has 0 saturated carbocycles. The van der Waals surface area contributed by atoms with Gasteiger partial charge in [-0.05, 0) is 24.1 Å². The summed E-state index contributed by atoms with van der Waals surface area (Å²) in [6.07, 6.45) is 0. The minimum Gasteiger partial charge on any atom is -0.409 e. The second-order valence-electron chi connectivity index (χ2n) is 4.25. The van der Waals surface area contributed by atoms with E-state index in [1.165, 1.54) is 0 Å². The molecular formula is C12H16ClN3O2. The van der Waals surface area contributed by atoms with Crippen molar-refractivity contribution in [3.63, 3.8) is 0 Å². The van der Waals surface area contributed by atoms with Crippen LogP contribution in [0.25, 0.3) is 0 Å². The molecule has 0 heterocycles. The van der Waals surface area contributed by atoms with Gasteiger partial charge in [0.05, 0.1) is 0 Å². The SMILES string of the molecule is CC(C)C(C(=O)Nc1cccc(Cl)c1)/C(N)=N/O. The Kier molecular flexibility index (Phi) is 4.97. The number of hydrogen-bond donors (Lipinski definition) is 3. The van der Waals surface area contributed by atoms with Gasteiger partial charge in [-0.1, -0.05) is 36.7 Å². The van der Waals surface area contributed by atoms with Gasteiger partial charge in [-0.2, -0.15) is 0 Å². The minimum absolute atomic E-state index is 0.0833. The fourth-order valence-electron chi connectivity index (χ4n) is 1.63. The van der Waals surface area contributed by atoms with Crippen LogP contribution in [0.2, 0.25) is 5.02 Å². The zero-order chi connectivity index (χ0) is 13.7. The molecule has 0 aliphatic heterocycles. The minimum atomic E-state index is -0.686. The molecule has 0 aromatic heterocycles. The van der Waals surface area contributed by atoms with Crippen molar-refractivity contribution in [3.05, 3.63) is 29.3 Å². The van der Waals surface area contributed by atoms with E-state index >= 15 is 0 Å². The topological polar surface area (TPSA) is 87.7 Å². The number of nitrogens with one attached hydrogen (secondary N) is 1. The summed E-state index contributed by atoms with van der Waals surface area (Å²) in [5.74, 6) is -1.21. The molecule has 18 heavy (non-hydrogen) atoms. The van der Waals surface area contributed by atoms with Crippen LogP contribution in [0.4, 0.5) is 5.69 Å². The standard InChI is InChI=1S/C12H16ClN3O2/c1-7(2)10(11(14)16-18)12(17)15-9-5-3-4-8(13)6-9/h3-7,10,18H,1-2H3,(H2,14,16)(H,15,17). The van der Waals surface area contributed by atoms with Crippen LogP contribution in [0, 0.1) is 11.8 Å². The number of halogens is 1. The highest BCUT2D eigenvalue weighted by molar-refractivity contribution is 6.30. The first-order valence-corrected chi connectivity index (χ1v) is 5.87. The first kappa shape index (κ1) is 14.3. The Labute approximate surface area is 111 Å². The number of hydrogen-bond acceptors (Lipinski definition) is 3. The van der Waals surface area contributed by atoms with Gasteiger partial charge in [0.25, 0.3) is 0 Å². The molecule has 0 aliphatic carbocycles. The number of amidine groups is 1. The van der Waals surface area contributed by atoms with Crippen LogP contribution >= 0.6 is 11.6 Å². The van der Waals surface area contributed by atoms with Crippen LogP contribution in [0.15, 0.2) is 29.4 Å². The van der Waals surface area contributed by atoms with Gasteiger partial charge in [0.2, 0.25) is 5.91 Å². The van der Waals surface area contributed by atoms with E-state index in [-0.39, 0.29) is 17.7 Å². The van der Waals surface area contributed by atoms with Gasteiger partial charge in [0, 0.05) is 10.7 Å². The van der Waals surface area contributed by atoms with Gasteiger partial charge in [-0.25, -0.2) is 0 Å². The maximum absolute atomic E-state index is 12.0. The van der Waals surface area contributed by atoms with Crippen molar-refractivity contribution in [2.75, 3.05) is 5.32 Å². The molecule has 1 aromatic rings. The molecule has 1 atom stereocenters. The number of carbonyl (C=O) groups is 1. The number of benzene rings is 1. The quantitative estimate of drug-likeness (QED) is 0.339. The van der Waals surface area contributed by atoms with Crippen LogP contribution in [0.1, 0.15) is 13.8 Å². The van der Waals surface area contributed by atoms with E-state index in [2.05, 4.69) is 10.5 Å². The van der Waals surface area contributed by atoms with Gasteiger partial charge in [0.1, 0.15) is 5.92 Å². The van der Waals surface area contributed by atoms with Crippen LogP contribution in [-0.4, -0.2) is 17.0 Å². The number of nitrogens with zero attached hydrogens (tertiary/aromatic N) is 1. The summed E-state index contributed by atoms with van der Waals surface area (Å²) in [4.78, 5) is 12.0. The third kappa shape index (κ3) is 3.63. The number of carbonyl (C=O) groups excluding carboxylic acids is 1. The summed E-state index contributed by atoms with van der Waals surface area (Å²) >= 11 is 5.82. The predicted octanol–water partition coefficient (Wildman–Crippen LogP) is 2.30. The molecule has 0 spiro atoms. The molecule has 0 aliphatic rings. The van der Waals surface area contributed by atoms with Crippen molar-refractivity contribution in [1.29, 1.82) is 0 Å². The smallest absolute Gasteiger partial charge is 0.235 e. The van der Waals surface area contributed by atoms with Crippen molar-refractivity contribution in [3.8, 4) is 0 Å². The normalized spacial score (nSPS) is 13.4. The van der Waals surface area contributed by atoms with Crippen molar-refractivity contribution in [2.24, 2.45) is 22.7 Å². The third-order valence-corrected chi connectivity index (χ3v) is 2.71. The highest BCUT2D eigenvalue weighted by atomic mass is 35.5. The number of anilines is 1. The fourth-order valence-corrected chi connectivity index (χ4v) is 1.82. The largest absolute Gasteiger partial charge is 0.409 e. The van der Waals surface area contributed by atoms with E-state index in [9.17, 15) is 4.79 Å². The Morgan fingerprint density at radius 1 is 1.50 bits per heavy atom. The van der Waals surface area contributed by atoms with Crippen LogP contribution in [0.5, 0.6) is 0 Å². The van der Waals surface area contributed by atoms with Crippen molar-refractivity contribution >= 4 is 29.0 Å². The molecule has 1 amide bonds. The van der Waals surface area contributed by atoms with Crippen LogP contribution in [-0.2, 0) is 4.79 Å². The molecular weight excluding hydrogens is 254 g/mol. The summed E-state index contributed by atoms with van der Waals surface area (Å²) in [5.41, 5.74) is 6.09. The second kappa shape index (κ2) is 6.26. The lowest BCUT2D eigenvalue weighted by atomic mass is 9.94. The van der Waals surface area contributed by atoms with Crippen molar-refractivity contribution in [1.82, 2.24) is 0 Å². The lowest BCUT2D eigenvalue weighted by molar-refractivity contribution is -0.119. The Morgan fingerprint density at radius 3 is 2.67 bits per heavy atom. The molecule has 5 nitrogen and oxygen atoms in total. The van der Waals surface area contributed by atoms with Gasteiger partial charge >= 0.3 is 0 Å². The van der Waals surface area contributed by atoms with Crippen molar-refractivity contribution in [2.45, 2.75) is 13.8 Å². The Morgan fingerprint density at radius 2 is 2.17 bits per heavy atom. The molecule has 1 rings (SSSR count). The summed E-state index contributed by atoms with van der Waals surface area (Å²) in [5, 5.41) is 14.8. The fraction of sp³-hybridized carbons (Fsp3) is 0.333. The van der Waals surface area contributed by atoms with E-state index < -0.39 is 5.92 Å². The van der Waals surface area contributed by atoms with E-state index in [0.29, 0.717) is 10.7 Å². The maximum Gasteiger partial charge on any atom is 0.235 e. The number of nitrogens with two attached hydrogens (primary N) is 1. The molecule has 1 unspecified atom stereocenters. The molecule has 1 aromatic carbocycles. The van der Waals surface area contributed by atoms with Crippen molar-refractivity contribution < 1.29 is 10.0 Å². The summed E-state index contributed by atoms with van der Waals surface area (Å²) < 4.78 is 0. The Bertz CT molecular complexity index is 460. The second-order valence-corrected chi connectivity index (χ2v) is 4.68. The highest BCUT2D eigenvalue weighted by Crippen LogP contribution is 2.18. The first-order chi connectivity index (χ1) is 8.45. The Balaban J connectivity index is 2.86. The average Bonchev–Trinajstić information content (AvgIpc) is 2.28.